The summed E-state index contributed by atoms with van der Waals surface area (Å²) in [7, 11) is 2.16. The summed E-state index contributed by atoms with van der Waals surface area (Å²) in [5, 5.41) is 3.45. The van der Waals surface area contributed by atoms with E-state index in [9.17, 15) is 4.79 Å². The third-order valence-electron chi connectivity index (χ3n) is 7.38. The predicted molar refractivity (Wildman–Crippen MR) is 130 cm³/mol. The van der Waals surface area contributed by atoms with E-state index >= 15 is 0 Å². The van der Waals surface area contributed by atoms with Crippen molar-refractivity contribution in [1.82, 2.24) is 20.1 Å². The molecule has 5 rings (SSSR count). The van der Waals surface area contributed by atoms with Crippen molar-refractivity contribution in [3.63, 3.8) is 0 Å². The number of piperazine rings is 1. The number of anilines is 1. The summed E-state index contributed by atoms with van der Waals surface area (Å²) >= 11 is 0. The quantitative estimate of drug-likeness (QED) is 0.717. The first kappa shape index (κ1) is 23.5. The van der Waals surface area contributed by atoms with Gasteiger partial charge in [0.2, 0.25) is 5.75 Å². The molecule has 1 amide bonds. The van der Waals surface area contributed by atoms with Crippen LogP contribution in [0.3, 0.4) is 0 Å². The first-order valence-corrected chi connectivity index (χ1v) is 12.7. The van der Waals surface area contributed by atoms with Gasteiger partial charge >= 0.3 is 6.09 Å². The average Bonchev–Trinajstić information content (AvgIpc) is 3.20. The number of amides is 1. The predicted octanol–water partition coefficient (Wildman–Crippen LogP) is 2.41. The summed E-state index contributed by atoms with van der Waals surface area (Å²) in [5.74, 6) is 1.38. The van der Waals surface area contributed by atoms with E-state index in [4.69, 9.17) is 19.2 Å². The fourth-order valence-corrected chi connectivity index (χ4v) is 5.55. The number of carbonyl (C=O) groups is 1. The maximum atomic E-state index is 12.9. The molecular weight excluding hydrogens is 434 g/mol. The van der Waals surface area contributed by atoms with E-state index in [1.807, 2.05) is 25.7 Å². The number of ether oxygens (including phenoxy) is 3. The fraction of sp³-hybridized carbons (Fsp3) is 0.760. The molecule has 1 aromatic rings. The van der Waals surface area contributed by atoms with Crippen LogP contribution >= 0.6 is 0 Å². The highest BCUT2D eigenvalue weighted by Crippen LogP contribution is 2.46. The summed E-state index contributed by atoms with van der Waals surface area (Å²) in [6, 6.07) is 0.519. The van der Waals surface area contributed by atoms with Crippen LogP contribution in [0.25, 0.3) is 0 Å². The molecule has 3 atom stereocenters. The van der Waals surface area contributed by atoms with Crippen LogP contribution in [-0.2, 0) is 17.7 Å². The number of nitrogens with zero attached hydrogens (tertiary/aromatic N) is 4. The van der Waals surface area contributed by atoms with E-state index in [-0.39, 0.29) is 18.2 Å². The van der Waals surface area contributed by atoms with Crippen molar-refractivity contribution in [3.8, 4) is 11.6 Å². The molecule has 0 unspecified atom stereocenters. The Morgan fingerprint density at radius 1 is 1.29 bits per heavy atom. The molecular formula is C25H39N5O4. The van der Waals surface area contributed by atoms with Crippen molar-refractivity contribution in [2.24, 2.45) is 0 Å². The van der Waals surface area contributed by atoms with Gasteiger partial charge in [-0.05, 0) is 67.1 Å². The molecule has 0 radical (unpaired) electrons. The second kappa shape index (κ2) is 9.07. The largest absolute Gasteiger partial charge is 0.484 e. The molecule has 34 heavy (non-hydrogen) atoms. The van der Waals surface area contributed by atoms with E-state index < -0.39 is 5.60 Å². The Hall–Kier alpha value is -2.26. The molecule has 1 aromatic heterocycles. The Bertz CT molecular complexity index is 933. The zero-order valence-electron chi connectivity index (χ0n) is 21.2. The normalized spacial score (nSPS) is 26.9. The smallest absolute Gasteiger partial charge is 0.410 e. The van der Waals surface area contributed by atoms with Crippen molar-refractivity contribution in [3.05, 3.63) is 11.3 Å². The summed E-state index contributed by atoms with van der Waals surface area (Å²) in [5.41, 5.74) is 2.90. The van der Waals surface area contributed by atoms with Gasteiger partial charge in [-0.25, -0.2) is 9.78 Å². The number of nitrogens with one attached hydrogen (secondary N) is 1. The number of hydrogen-bond acceptors (Lipinski definition) is 8. The number of likely N-dealkylation sites (N-methyl/N-ethyl adjacent to an activating group) is 1. The Balaban J connectivity index is 1.42. The number of fused-ring (bicyclic) bond motifs is 5. The lowest BCUT2D eigenvalue weighted by Crippen LogP contribution is -2.62. The lowest BCUT2D eigenvalue weighted by Gasteiger charge is -2.49. The molecule has 0 spiro atoms. The topological polar surface area (TPSA) is 79.4 Å². The van der Waals surface area contributed by atoms with Gasteiger partial charge in [-0.2, -0.15) is 0 Å². The lowest BCUT2D eigenvalue weighted by atomic mass is 9.98. The maximum absolute atomic E-state index is 12.9. The van der Waals surface area contributed by atoms with Crippen molar-refractivity contribution in [2.45, 2.75) is 77.2 Å². The molecule has 2 saturated heterocycles. The zero-order valence-corrected chi connectivity index (χ0v) is 21.2. The summed E-state index contributed by atoms with van der Waals surface area (Å²) in [4.78, 5) is 24.4. The monoisotopic (exact) mass is 473 g/mol. The van der Waals surface area contributed by atoms with Gasteiger partial charge in [-0.1, -0.05) is 0 Å². The molecule has 0 aromatic carbocycles. The SMILES string of the molecule is C[C@@H]1CN2c3c4c(nc(OC[C@@H]5CCCN5C)c3OC[C@H]2CN1C(=O)OC(C)(C)C)CNCC4. The zero-order chi connectivity index (χ0) is 24.0. The highest BCUT2D eigenvalue weighted by Gasteiger charge is 2.42. The minimum Gasteiger partial charge on any atom is -0.484 e. The molecule has 0 saturated carbocycles. The fourth-order valence-electron chi connectivity index (χ4n) is 5.55. The molecule has 2 fully saturated rings. The van der Waals surface area contributed by atoms with E-state index in [2.05, 4.69) is 29.1 Å². The van der Waals surface area contributed by atoms with Gasteiger partial charge in [0.25, 0.3) is 5.88 Å². The summed E-state index contributed by atoms with van der Waals surface area (Å²) < 4.78 is 18.4. The first-order valence-electron chi connectivity index (χ1n) is 12.7. The van der Waals surface area contributed by atoms with Crippen molar-refractivity contribution < 1.29 is 19.0 Å². The van der Waals surface area contributed by atoms with Gasteiger partial charge in [-0.3, -0.25) is 0 Å². The van der Waals surface area contributed by atoms with Crippen LogP contribution in [-0.4, -0.2) is 91.0 Å². The van der Waals surface area contributed by atoms with Gasteiger partial charge < -0.3 is 34.2 Å². The molecule has 5 heterocycles. The minimum atomic E-state index is -0.513. The maximum Gasteiger partial charge on any atom is 0.410 e. The molecule has 1 N–H and O–H groups in total. The lowest BCUT2D eigenvalue weighted by molar-refractivity contribution is 0.00975. The second-order valence-corrected chi connectivity index (χ2v) is 11.1. The standard InChI is InChI=1S/C25H39N5O4/c1-16-12-30-18(13-29(16)24(31)34-25(2,3)4)15-32-22-21(30)19-8-9-26-11-20(19)27-23(22)33-14-17-7-6-10-28(17)5/h16-18,26H,6-15H2,1-5H3/t16-,17+,18-/m1/s1. The summed E-state index contributed by atoms with van der Waals surface area (Å²) in [6.07, 6.45) is 3.02. The molecule has 0 aliphatic carbocycles. The number of likely N-dealkylation sites (tertiary alicyclic amines) is 1. The number of carbonyl (C=O) groups excluding carboxylic acids is 1. The molecule has 9 nitrogen and oxygen atoms in total. The van der Waals surface area contributed by atoms with Crippen LogP contribution in [0.1, 0.15) is 51.8 Å². The summed E-state index contributed by atoms with van der Waals surface area (Å²) in [6.45, 7) is 13.0. The Morgan fingerprint density at radius 2 is 2.12 bits per heavy atom. The van der Waals surface area contributed by atoms with Gasteiger partial charge in [0, 0.05) is 37.3 Å². The van der Waals surface area contributed by atoms with Gasteiger partial charge in [0.05, 0.1) is 17.4 Å². The van der Waals surface area contributed by atoms with E-state index in [0.29, 0.717) is 31.7 Å². The van der Waals surface area contributed by atoms with Crippen LogP contribution < -0.4 is 19.7 Å². The Morgan fingerprint density at radius 3 is 2.85 bits per heavy atom. The number of aromatic nitrogens is 1. The third kappa shape index (κ3) is 4.52. The highest BCUT2D eigenvalue weighted by atomic mass is 16.6. The number of hydrogen-bond donors (Lipinski definition) is 1. The molecule has 188 valence electrons. The average molecular weight is 474 g/mol. The van der Waals surface area contributed by atoms with Crippen LogP contribution in [0.4, 0.5) is 10.5 Å². The van der Waals surface area contributed by atoms with Crippen molar-refractivity contribution in [2.75, 3.05) is 51.3 Å². The van der Waals surface area contributed by atoms with Crippen LogP contribution in [0.2, 0.25) is 0 Å². The van der Waals surface area contributed by atoms with Gasteiger partial charge in [0.15, 0.2) is 0 Å². The number of rotatable bonds is 3. The van der Waals surface area contributed by atoms with Gasteiger partial charge in [-0.15, -0.1) is 0 Å². The van der Waals surface area contributed by atoms with Crippen LogP contribution in [0, 0.1) is 0 Å². The Labute approximate surface area is 202 Å². The van der Waals surface area contributed by atoms with Gasteiger partial charge in [0.1, 0.15) is 18.8 Å². The molecule has 0 bridgehead atoms. The minimum absolute atomic E-state index is 0.0269. The number of pyridine rings is 1. The first-order chi connectivity index (χ1) is 16.2. The van der Waals surface area contributed by atoms with Crippen molar-refractivity contribution in [1.29, 1.82) is 0 Å². The third-order valence-corrected chi connectivity index (χ3v) is 7.38. The van der Waals surface area contributed by atoms with E-state index in [1.54, 1.807) is 0 Å². The van der Waals surface area contributed by atoms with E-state index in [1.165, 1.54) is 12.0 Å². The van der Waals surface area contributed by atoms with E-state index in [0.717, 1.165) is 56.2 Å². The highest BCUT2D eigenvalue weighted by molar-refractivity contribution is 5.73. The molecule has 4 aliphatic heterocycles. The Kier molecular flexibility index (Phi) is 6.27. The molecule has 9 heteroatoms. The van der Waals surface area contributed by atoms with Crippen LogP contribution in [0.15, 0.2) is 0 Å². The second-order valence-electron chi connectivity index (χ2n) is 11.1. The van der Waals surface area contributed by atoms with Crippen molar-refractivity contribution >= 4 is 11.8 Å². The molecule has 4 aliphatic rings. The van der Waals surface area contributed by atoms with Crippen LogP contribution in [0.5, 0.6) is 11.6 Å².